The zero-order valence-corrected chi connectivity index (χ0v) is 12.2. The number of rotatable bonds is 3. The zero-order chi connectivity index (χ0) is 15.0. The summed E-state index contributed by atoms with van der Waals surface area (Å²) in [5.74, 6) is -1.16. The summed E-state index contributed by atoms with van der Waals surface area (Å²) in [6.07, 6.45) is 0.971. The SMILES string of the molecule is Cc1cccc(N2CCN(C(=O)C3(C(=O)O)CC3)CC2)c1. The van der Waals surface area contributed by atoms with Crippen molar-refractivity contribution in [2.45, 2.75) is 19.8 Å². The molecule has 1 aromatic rings. The maximum Gasteiger partial charge on any atom is 0.319 e. The smallest absolute Gasteiger partial charge is 0.319 e. The molecular weight excluding hydrogens is 268 g/mol. The van der Waals surface area contributed by atoms with Gasteiger partial charge in [-0.2, -0.15) is 0 Å². The van der Waals surface area contributed by atoms with E-state index in [0.717, 1.165) is 13.1 Å². The van der Waals surface area contributed by atoms with Crippen LogP contribution in [0.5, 0.6) is 0 Å². The van der Waals surface area contributed by atoms with E-state index in [1.54, 1.807) is 4.90 Å². The molecule has 5 nitrogen and oxygen atoms in total. The molecule has 1 aliphatic carbocycles. The van der Waals surface area contributed by atoms with Crippen LogP contribution < -0.4 is 4.90 Å². The Balaban J connectivity index is 1.63. The summed E-state index contributed by atoms with van der Waals surface area (Å²) in [6, 6.07) is 8.31. The van der Waals surface area contributed by atoms with Gasteiger partial charge in [-0.3, -0.25) is 9.59 Å². The van der Waals surface area contributed by atoms with Gasteiger partial charge in [0, 0.05) is 31.9 Å². The van der Waals surface area contributed by atoms with Gasteiger partial charge in [-0.25, -0.2) is 0 Å². The van der Waals surface area contributed by atoms with Crippen LogP contribution in [0.1, 0.15) is 18.4 Å². The summed E-state index contributed by atoms with van der Waals surface area (Å²) >= 11 is 0. The molecule has 1 aliphatic heterocycles. The number of carboxylic acid groups (broad SMARTS) is 1. The maximum atomic E-state index is 12.3. The minimum Gasteiger partial charge on any atom is -0.480 e. The van der Waals surface area contributed by atoms with Gasteiger partial charge >= 0.3 is 5.97 Å². The van der Waals surface area contributed by atoms with Crippen molar-refractivity contribution in [3.63, 3.8) is 0 Å². The van der Waals surface area contributed by atoms with Crippen molar-refractivity contribution in [1.29, 1.82) is 0 Å². The molecule has 1 heterocycles. The van der Waals surface area contributed by atoms with Gasteiger partial charge in [-0.15, -0.1) is 0 Å². The van der Waals surface area contributed by atoms with E-state index in [0.29, 0.717) is 25.9 Å². The Kier molecular flexibility index (Phi) is 3.35. The van der Waals surface area contributed by atoms with Crippen LogP contribution >= 0.6 is 0 Å². The number of carbonyl (C=O) groups is 2. The average molecular weight is 288 g/mol. The summed E-state index contributed by atoms with van der Waals surface area (Å²) in [4.78, 5) is 27.5. The lowest BCUT2D eigenvalue weighted by Crippen LogP contribution is -2.52. The van der Waals surface area contributed by atoms with E-state index < -0.39 is 11.4 Å². The van der Waals surface area contributed by atoms with Crippen LogP contribution in [-0.4, -0.2) is 48.1 Å². The first-order chi connectivity index (χ1) is 10.0. The Bertz CT molecular complexity index is 573. The predicted molar refractivity (Wildman–Crippen MR) is 79.3 cm³/mol. The maximum absolute atomic E-state index is 12.3. The van der Waals surface area contributed by atoms with Gasteiger partial charge in [-0.1, -0.05) is 12.1 Å². The molecule has 1 saturated carbocycles. The summed E-state index contributed by atoms with van der Waals surface area (Å²) in [5, 5.41) is 9.21. The second-order valence-corrected chi connectivity index (χ2v) is 6.01. The van der Waals surface area contributed by atoms with Crippen molar-refractivity contribution >= 4 is 17.6 Å². The third kappa shape index (κ3) is 2.48. The number of carbonyl (C=O) groups excluding carboxylic acids is 1. The Morgan fingerprint density at radius 3 is 2.33 bits per heavy atom. The average Bonchev–Trinajstić information content (AvgIpc) is 3.28. The Morgan fingerprint density at radius 2 is 1.81 bits per heavy atom. The quantitative estimate of drug-likeness (QED) is 0.856. The molecule has 0 atom stereocenters. The Labute approximate surface area is 124 Å². The molecule has 1 aromatic carbocycles. The fraction of sp³-hybridized carbons (Fsp3) is 0.500. The number of hydrogen-bond acceptors (Lipinski definition) is 3. The largest absolute Gasteiger partial charge is 0.480 e. The topological polar surface area (TPSA) is 60.9 Å². The van der Waals surface area contributed by atoms with E-state index in [-0.39, 0.29) is 5.91 Å². The number of anilines is 1. The van der Waals surface area contributed by atoms with Gasteiger partial charge in [0.25, 0.3) is 0 Å². The number of nitrogens with zero attached hydrogens (tertiary/aromatic N) is 2. The number of carboxylic acids is 1. The van der Waals surface area contributed by atoms with E-state index in [9.17, 15) is 14.7 Å². The molecule has 3 rings (SSSR count). The molecular formula is C16H20N2O3. The molecule has 0 unspecified atom stereocenters. The van der Waals surface area contributed by atoms with E-state index in [2.05, 4.69) is 30.0 Å². The second-order valence-electron chi connectivity index (χ2n) is 6.01. The molecule has 0 bridgehead atoms. The van der Waals surface area contributed by atoms with Gasteiger partial charge in [0.05, 0.1) is 0 Å². The van der Waals surface area contributed by atoms with Crippen molar-refractivity contribution in [3.8, 4) is 0 Å². The summed E-state index contributed by atoms with van der Waals surface area (Å²) in [7, 11) is 0. The highest BCUT2D eigenvalue weighted by Crippen LogP contribution is 2.47. The molecule has 112 valence electrons. The van der Waals surface area contributed by atoms with Crippen LogP contribution in [0.4, 0.5) is 5.69 Å². The number of aliphatic carboxylic acids is 1. The minimum atomic E-state index is -1.11. The first-order valence-electron chi connectivity index (χ1n) is 7.37. The molecule has 21 heavy (non-hydrogen) atoms. The van der Waals surface area contributed by atoms with E-state index >= 15 is 0 Å². The van der Waals surface area contributed by atoms with Crippen LogP contribution in [0.3, 0.4) is 0 Å². The van der Waals surface area contributed by atoms with Crippen LogP contribution in [0.2, 0.25) is 0 Å². The molecule has 2 fully saturated rings. The van der Waals surface area contributed by atoms with Gasteiger partial charge in [0.1, 0.15) is 5.41 Å². The van der Waals surface area contributed by atoms with Gasteiger partial charge in [-0.05, 0) is 37.5 Å². The monoisotopic (exact) mass is 288 g/mol. The number of hydrogen-bond donors (Lipinski definition) is 1. The molecule has 5 heteroatoms. The minimum absolute atomic E-state index is 0.195. The third-order valence-corrected chi connectivity index (χ3v) is 4.50. The van der Waals surface area contributed by atoms with Gasteiger partial charge in [0.15, 0.2) is 0 Å². The van der Waals surface area contributed by atoms with E-state index in [4.69, 9.17) is 0 Å². The van der Waals surface area contributed by atoms with Crippen LogP contribution in [-0.2, 0) is 9.59 Å². The summed E-state index contributed by atoms with van der Waals surface area (Å²) in [5.41, 5.74) is 1.28. The van der Waals surface area contributed by atoms with Crippen LogP contribution in [0.15, 0.2) is 24.3 Å². The summed E-state index contributed by atoms with van der Waals surface area (Å²) in [6.45, 7) is 4.77. The number of piperazine rings is 1. The van der Waals surface area contributed by atoms with Crippen molar-refractivity contribution in [2.75, 3.05) is 31.1 Å². The highest BCUT2D eigenvalue weighted by molar-refractivity contribution is 6.04. The molecule has 1 saturated heterocycles. The Hall–Kier alpha value is -2.04. The van der Waals surface area contributed by atoms with Gasteiger partial charge < -0.3 is 14.9 Å². The van der Waals surface area contributed by atoms with Crippen molar-refractivity contribution in [1.82, 2.24) is 4.90 Å². The lowest BCUT2D eigenvalue weighted by atomic mass is 10.1. The highest BCUT2D eigenvalue weighted by atomic mass is 16.4. The summed E-state index contributed by atoms with van der Waals surface area (Å²) < 4.78 is 0. The Morgan fingerprint density at radius 1 is 1.14 bits per heavy atom. The fourth-order valence-corrected chi connectivity index (χ4v) is 2.94. The van der Waals surface area contributed by atoms with Gasteiger partial charge in [0.2, 0.25) is 5.91 Å². The van der Waals surface area contributed by atoms with Crippen molar-refractivity contribution in [3.05, 3.63) is 29.8 Å². The highest BCUT2D eigenvalue weighted by Gasteiger charge is 2.58. The molecule has 0 radical (unpaired) electrons. The molecule has 2 aliphatic rings. The van der Waals surface area contributed by atoms with E-state index in [1.807, 2.05) is 6.07 Å². The number of benzene rings is 1. The van der Waals surface area contributed by atoms with Crippen molar-refractivity contribution in [2.24, 2.45) is 5.41 Å². The lowest BCUT2D eigenvalue weighted by molar-refractivity contribution is -0.153. The standard InChI is InChI=1S/C16H20N2O3/c1-12-3-2-4-13(11-12)17-7-9-18(10-8-17)14(19)16(5-6-16)15(20)21/h2-4,11H,5-10H2,1H3,(H,20,21). The van der Waals surface area contributed by atoms with Crippen LogP contribution in [0.25, 0.3) is 0 Å². The zero-order valence-electron chi connectivity index (χ0n) is 12.2. The molecule has 1 N–H and O–H groups in total. The molecule has 1 amide bonds. The lowest BCUT2D eigenvalue weighted by Gasteiger charge is -2.37. The van der Waals surface area contributed by atoms with E-state index in [1.165, 1.54) is 11.3 Å². The fourth-order valence-electron chi connectivity index (χ4n) is 2.94. The first-order valence-corrected chi connectivity index (χ1v) is 7.37. The van der Waals surface area contributed by atoms with Crippen LogP contribution in [0, 0.1) is 12.3 Å². The number of amides is 1. The number of aryl methyl sites for hydroxylation is 1. The third-order valence-electron chi connectivity index (χ3n) is 4.50. The molecule has 0 spiro atoms. The normalized spacial score (nSPS) is 20.2. The second kappa shape index (κ2) is 5.06. The first kappa shape index (κ1) is 13.9. The molecule has 0 aromatic heterocycles. The predicted octanol–water partition coefficient (Wildman–Crippen LogP) is 1.51. The van der Waals surface area contributed by atoms with Crippen molar-refractivity contribution < 1.29 is 14.7 Å².